The number of carbonyl (C=O) groups is 1. The number of anilines is 1. The molecule has 0 spiro atoms. The summed E-state index contributed by atoms with van der Waals surface area (Å²) in [5, 5.41) is 8.92. The van der Waals surface area contributed by atoms with Crippen molar-refractivity contribution in [2.45, 2.75) is 31.7 Å². The van der Waals surface area contributed by atoms with Crippen molar-refractivity contribution in [1.29, 1.82) is 0 Å². The van der Waals surface area contributed by atoms with Gasteiger partial charge in [0.1, 0.15) is 12.4 Å². The molecule has 0 radical (unpaired) electrons. The lowest BCUT2D eigenvalue weighted by atomic mass is 10.2. The van der Waals surface area contributed by atoms with Crippen LogP contribution in [0.4, 0.5) is 5.82 Å². The van der Waals surface area contributed by atoms with Gasteiger partial charge >= 0.3 is 5.97 Å². The Morgan fingerprint density at radius 2 is 2.24 bits per heavy atom. The van der Waals surface area contributed by atoms with E-state index in [-0.39, 0.29) is 18.1 Å². The number of nitrogens with zero attached hydrogens (tertiary/aromatic N) is 2. The van der Waals surface area contributed by atoms with E-state index in [0.29, 0.717) is 5.82 Å². The highest BCUT2D eigenvalue weighted by molar-refractivity contribution is 5.73. The second-order valence-corrected chi connectivity index (χ2v) is 4.23. The smallest absolute Gasteiger partial charge is 0.323 e. The third kappa shape index (κ3) is 2.83. The van der Waals surface area contributed by atoms with Crippen molar-refractivity contribution in [3.8, 4) is 0 Å². The lowest BCUT2D eigenvalue weighted by Gasteiger charge is -2.27. The molecular formula is C11H15N3O3. The number of aromatic nitrogens is 2. The van der Waals surface area contributed by atoms with Crippen LogP contribution in [-0.4, -0.2) is 33.6 Å². The number of H-pyrrole nitrogens is 1. The van der Waals surface area contributed by atoms with Crippen molar-refractivity contribution in [3.05, 3.63) is 22.7 Å². The summed E-state index contributed by atoms with van der Waals surface area (Å²) in [6.45, 7) is -0.110. The van der Waals surface area contributed by atoms with E-state index in [1.807, 2.05) is 0 Å². The fourth-order valence-electron chi connectivity index (χ4n) is 2.27. The molecule has 1 aromatic heterocycles. The molecule has 0 aromatic carbocycles. The zero-order valence-electron chi connectivity index (χ0n) is 9.43. The Morgan fingerprint density at radius 3 is 2.82 bits per heavy atom. The predicted octanol–water partition coefficient (Wildman–Crippen LogP) is 0.603. The molecule has 0 aliphatic heterocycles. The summed E-state index contributed by atoms with van der Waals surface area (Å²) in [7, 11) is 0. The summed E-state index contributed by atoms with van der Waals surface area (Å²) in [4.78, 5) is 30.3. The van der Waals surface area contributed by atoms with Gasteiger partial charge in [0.2, 0.25) is 0 Å². The van der Waals surface area contributed by atoms with Crippen LogP contribution in [0.5, 0.6) is 0 Å². The minimum Gasteiger partial charge on any atom is -0.480 e. The number of nitrogens with one attached hydrogen (secondary N) is 1. The van der Waals surface area contributed by atoms with E-state index in [1.165, 1.54) is 12.4 Å². The normalized spacial score (nSPS) is 16.0. The van der Waals surface area contributed by atoms with Gasteiger partial charge in [0.25, 0.3) is 5.56 Å². The third-order valence-electron chi connectivity index (χ3n) is 3.03. The van der Waals surface area contributed by atoms with Crippen molar-refractivity contribution < 1.29 is 9.90 Å². The Balaban J connectivity index is 2.25. The highest BCUT2D eigenvalue weighted by Crippen LogP contribution is 2.26. The molecule has 1 fully saturated rings. The highest BCUT2D eigenvalue weighted by atomic mass is 16.4. The van der Waals surface area contributed by atoms with Gasteiger partial charge in [-0.15, -0.1) is 0 Å². The quantitative estimate of drug-likeness (QED) is 0.801. The fraction of sp³-hybridized carbons (Fsp3) is 0.545. The van der Waals surface area contributed by atoms with Gasteiger partial charge in [-0.2, -0.15) is 0 Å². The fourth-order valence-corrected chi connectivity index (χ4v) is 2.27. The molecule has 1 saturated carbocycles. The maximum Gasteiger partial charge on any atom is 0.323 e. The molecule has 1 aliphatic carbocycles. The summed E-state index contributed by atoms with van der Waals surface area (Å²) in [5.74, 6) is -0.456. The van der Waals surface area contributed by atoms with Crippen LogP contribution in [0.25, 0.3) is 0 Å². The van der Waals surface area contributed by atoms with E-state index in [9.17, 15) is 9.59 Å². The maximum absolute atomic E-state index is 11.2. The number of hydrogen-bond donors (Lipinski definition) is 2. The summed E-state index contributed by atoms with van der Waals surface area (Å²) < 4.78 is 0. The minimum atomic E-state index is -0.904. The van der Waals surface area contributed by atoms with Gasteiger partial charge in [-0.3, -0.25) is 9.59 Å². The standard InChI is InChI=1S/C11H15N3O3/c15-10-5-9(12-7-13-10)14(6-11(16)17)8-3-1-2-4-8/h5,7-8H,1-4,6H2,(H,16,17)(H,12,13,15). The Hall–Kier alpha value is -1.85. The number of carboxylic acid groups (broad SMARTS) is 1. The summed E-state index contributed by atoms with van der Waals surface area (Å²) in [6.07, 6.45) is 5.43. The van der Waals surface area contributed by atoms with Gasteiger partial charge in [0, 0.05) is 12.1 Å². The summed E-state index contributed by atoms with van der Waals surface area (Å²) in [5.41, 5.74) is -0.261. The predicted molar refractivity (Wildman–Crippen MR) is 62.1 cm³/mol. The molecule has 0 amide bonds. The molecule has 0 bridgehead atoms. The van der Waals surface area contributed by atoms with Crippen LogP contribution >= 0.6 is 0 Å². The van der Waals surface area contributed by atoms with E-state index in [4.69, 9.17) is 5.11 Å². The van der Waals surface area contributed by atoms with E-state index in [0.717, 1.165) is 25.7 Å². The molecule has 2 rings (SSSR count). The molecule has 2 N–H and O–H groups in total. The lowest BCUT2D eigenvalue weighted by Crippen LogP contribution is -2.38. The second kappa shape index (κ2) is 4.99. The third-order valence-corrected chi connectivity index (χ3v) is 3.03. The molecular weight excluding hydrogens is 222 g/mol. The number of carboxylic acids is 1. The molecule has 0 saturated heterocycles. The van der Waals surface area contributed by atoms with E-state index in [2.05, 4.69) is 9.97 Å². The molecule has 6 heteroatoms. The van der Waals surface area contributed by atoms with E-state index in [1.54, 1.807) is 4.90 Å². The van der Waals surface area contributed by atoms with E-state index >= 15 is 0 Å². The van der Waals surface area contributed by atoms with Crippen LogP contribution in [0.3, 0.4) is 0 Å². The summed E-state index contributed by atoms with van der Waals surface area (Å²) in [6, 6.07) is 1.53. The van der Waals surface area contributed by atoms with Crippen LogP contribution in [0.2, 0.25) is 0 Å². The topological polar surface area (TPSA) is 86.3 Å². The SMILES string of the molecule is O=C(O)CN(c1cc(=O)[nH]cn1)C1CCCC1. The van der Waals surface area contributed by atoms with Gasteiger partial charge in [-0.05, 0) is 12.8 Å². The number of aliphatic carboxylic acids is 1. The maximum atomic E-state index is 11.2. The second-order valence-electron chi connectivity index (χ2n) is 4.23. The minimum absolute atomic E-state index is 0.110. The van der Waals surface area contributed by atoms with Crippen molar-refractivity contribution in [3.63, 3.8) is 0 Å². The highest BCUT2D eigenvalue weighted by Gasteiger charge is 2.25. The average Bonchev–Trinajstić information content (AvgIpc) is 2.79. The van der Waals surface area contributed by atoms with Gasteiger partial charge in [-0.25, -0.2) is 4.98 Å². The molecule has 92 valence electrons. The first-order valence-corrected chi connectivity index (χ1v) is 5.70. The van der Waals surface area contributed by atoms with Gasteiger partial charge in [0.05, 0.1) is 6.33 Å². The van der Waals surface area contributed by atoms with Gasteiger partial charge in [0.15, 0.2) is 0 Å². The van der Waals surface area contributed by atoms with Gasteiger partial charge in [-0.1, -0.05) is 12.8 Å². The van der Waals surface area contributed by atoms with Gasteiger partial charge < -0.3 is 15.0 Å². The first-order chi connectivity index (χ1) is 8.16. The van der Waals surface area contributed by atoms with Crippen molar-refractivity contribution >= 4 is 11.8 Å². The molecule has 0 atom stereocenters. The Bertz CT molecular complexity index is 451. The summed E-state index contributed by atoms with van der Waals surface area (Å²) >= 11 is 0. The largest absolute Gasteiger partial charge is 0.480 e. The van der Waals surface area contributed by atoms with Crippen molar-refractivity contribution in [2.24, 2.45) is 0 Å². The van der Waals surface area contributed by atoms with Crippen LogP contribution < -0.4 is 10.5 Å². The van der Waals surface area contributed by atoms with Crippen molar-refractivity contribution in [2.75, 3.05) is 11.4 Å². The van der Waals surface area contributed by atoms with Crippen LogP contribution in [0.1, 0.15) is 25.7 Å². The van der Waals surface area contributed by atoms with Crippen LogP contribution in [0, 0.1) is 0 Å². The molecule has 17 heavy (non-hydrogen) atoms. The number of hydrogen-bond acceptors (Lipinski definition) is 4. The Morgan fingerprint density at radius 1 is 1.53 bits per heavy atom. The average molecular weight is 237 g/mol. The zero-order chi connectivity index (χ0) is 12.3. The molecule has 1 aliphatic rings. The Labute approximate surface area is 98.3 Å². The molecule has 0 unspecified atom stereocenters. The first-order valence-electron chi connectivity index (χ1n) is 5.70. The zero-order valence-corrected chi connectivity index (χ0v) is 9.43. The molecule has 6 nitrogen and oxygen atoms in total. The number of aromatic amines is 1. The van der Waals surface area contributed by atoms with Crippen LogP contribution in [0.15, 0.2) is 17.2 Å². The lowest BCUT2D eigenvalue weighted by molar-refractivity contribution is -0.135. The van der Waals surface area contributed by atoms with E-state index < -0.39 is 5.97 Å². The molecule has 1 aromatic rings. The van der Waals surface area contributed by atoms with Crippen molar-refractivity contribution in [1.82, 2.24) is 9.97 Å². The first kappa shape index (κ1) is 11.6. The monoisotopic (exact) mass is 237 g/mol. The molecule has 1 heterocycles. The van der Waals surface area contributed by atoms with Crippen LogP contribution in [-0.2, 0) is 4.79 Å². The Kier molecular flexibility index (Phi) is 3.41. The number of rotatable bonds is 4.